The maximum absolute atomic E-state index is 11.8. The summed E-state index contributed by atoms with van der Waals surface area (Å²) in [5.74, 6) is 0.0746. The van der Waals surface area contributed by atoms with E-state index in [1.807, 2.05) is 12.1 Å². The number of hydrogen-bond acceptors (Lipinski definition) is 3. The van der Waals surface area contributed by atoms with Crippen molar-refractivity contribution in [3.63, 3.8) is 0 Å². The molecule has 2 N–H and O–H groups in total. The van der Waals surface area contributed by atoms with E-state index in [4.69, 9.17) is 5.73 Å². The Balaban J connectivity index is 2.29. The van der Waals surface area contributed by atoms with Crippen LogP contribution in [0.1, 0.15) is 29.2 Å². The van der Waals surface area contributed by atoms with Crippen molar-refractivity contribution in [2.24, 2.45) is 5.73 Å². The second kappa shape index (κ2) is 2.83. The van der Waals surface area contributed by atoms with Crippen molar-refractivity contribution in [3.05, 3.63) is 28.8 Å². The summed E-state index contributed by atoms with van der Waals surface area (Å²) in [5, 5.41) is 0. The van der Waals surface area contributed by atoms with Gasteiger partial charge in [-0.05, 0) is 42.0 Å². The fourth-order valence-corrected chi connectivity index (χ4v) is 4.32. The van der Waals surface area contributed by atoms with Gasteiger partial charge in [0, 0.05) is 6.04 Å². The summed E-state index contributed by atoms with van der Waals surface area (Å²) in [4.78, 5) is 0.482. The van der Waals surface area contributed by atoms with Gasteiger partial charge in [0.15, 0.2) is 9.84 Å². The van der Waals surface area contributed by atoms with E-state index in [-0.39, 0.29) is 11.8 Å². The normalized spacial score (nSPS) is 26.3. The third-order valence-corrected chi connectivity index (χ3v) is 5.18. The molecule has 1 aromatic rings. The molecule has 1 heterocycles. The Kier molecular flexibility index (Phi) is 1.77. The molecule has 4 heteroatoms. The highest BCUT2D eigenvalue weighted by atomic mass is 32.2. The lowest BCUT2D eigenvalue weighted by Crippen LogP contribution is -2.12. The third kappa shape index (κ3) is 1.25. The minimum atomic E-state index is -3.10. The van der Waals surface area contributed by atoms with Gasteiger partial charge in [0.2, 0.25) is 0 Å². The zero-order chi connectivity index (χ0) is 10.6. The van der Waals surface area contributed by atoms with Crippen molar-refractivity contribution >= 4 is 9.84 Å². The zero-order valence-corrected chi connectivity index (χ0v) is 9.18. The largest absolute Gasteiger partial charge is 0.323 e. The molecule has 0 saturated heterocycles. The lowest BCUT2D eigenvalue weighted by Gasteiger charge is -2.05. The summed E-state index contributed by atoms with van der Waals surface area (Å²) >= 11 is 0. The fraction of sp³-hybridized carbons (Fsp3) is 0.455. The van der Waals surface area contributed by atoms with Crippen molar-refractivity contribution in [3.8, 4) is 0 Å². The Hall–Kier alpha value is -0.870. The van der Waals surface area contributed by atoms with Gasteiger partial charge < -0.3 is 5.73 Å². The van der Waals surface area contributed by atoms with Crippen LogP contribution >= 0.6 is 0 Å². The molecular formula is C11H13NO2S. The van der Waals surface area contributed by atoms with Crippen LogP contribution in [0, 0.1) is 0 Å². The number of nitrogens with two attached hydrogens (primary N) is 1. The predicted octanol–water partition coefficient (Wildman–Crippen LogP) is 0.962. The van der Waals surface area contributed by atoms with E-state index >= 15 is 0 Å². The summed E-state index contributed by atoms with van der Waals surface area (Å²) in [6.07, 6.45) is 3.20. The summed E-state index contributed by atoms with van der Waals surface area (Å²) in [6.45, 7) is 0. The molecule has 80 valence electrons. The Morgan fingerprint density at radius 1 is 1.20 bits per heavy atom. The molecule has 0 aromatic heterocycles. The number of aryl methyl sites for hydroxylation is 2. The van der Waals surface area contributed by atoms with Gasteiger partial charge in [-0.2, -0.15) is 0 Å². The second-order valence-electron chi connectivity index (χ2n) is 4.40. The van der Waals surface area contributed by atoms with Crippen molar-refractivity contribution in [1.29, 1.82) is 0 Å². The summed E-state index contributed by atoms with van der Waals surface area (Å²) < 4.78 is 23.6. The molecule has 15 heavy (non-hydrogen) atoms. The molecular weight excluding hydrogens is 210 g/mol. The molecule has 0 bridgehead atoms. The SMILES string of the molecule is NC1CS(=O)(=O)c2cc3c(cc21)CCC3. The molecule has 2 aliphatic rings. The van der Waals surface area contributed by atoms with Crippen LogP contribution in [0.2, 0.25) is 0 Å². The number of fused-ring (bicyclic) bond motifs is 2. The minimum Gasteiger partial charge on any atom is -0.323 e. The molecule has 1 aliphatic heterocycles. The lowest BCUT2D eigenvalue weighted by atomic mass is 10.0. The average Bonchev–Trinajstić information content (AvgIpc) is 2.68. The lowest BCUT2D eigenvalue weighted by molar-refractivity contribution is 0.597. The molecule has 0 saturated carbocycles. The smallest absolute Gasteiger partial charge is 0.180 e. The number of sulfone groups is 1. The zero-order valence-electron chi connectivity index (χ0n) is 8.36. The van der Waals surface area contributed by atoms with E-state index in [1.54, 1.807) is 0 Å². The van der Waals surface area contributed by atoms with Gasteiger partial charge in [0.1, 0.15) is 0 Å². The summed E-state index contributed by atoms with van der Waals surface area (Å²) in [7, 11) is -3.10. The van der Waals surface area contributed by atoms with E-state index in [0.29, 0.717) is 4.90 Å². The first-order valence-corrected chi connectivity index (χ1v) is 6.87. The first-order valence-electron chi connectivity index (χ1n) is 5.22. The van der Waals surface area contributed by atoms with Crippen LogP contribution in [0.3, 0.4) is 0 Å². The summed E-state index contributed by atoms with van der Waals surface area (Å²) in [6, 6.07) is 3.53. The maximum atomic E-state index is 11.8. The topological polar surface area (TPSA) is 60.2 Å². The fourth-order valence-electron chi connectivity index (χ4n) is 2.60. The molecule has 0 amide bonds. The number of rotatable bonds is 0. The van der Waals surface area contributed by atoms with Gasteiger partial charge in [0.05, 0.1) is 10.6 Å². The molecule has 1 atom stereocenters. The highest BCUT2D eigenvalue weighted by Crippen LogP contribution is 2.36. The van der Waals surface area contributed by atoms with Crippen LogP contribution in [0.4, 0.5) is 0 Å². The minimum absolute atomic E-state index is 0.0746. The first-order chi connectivity index (χ1) is 7.08. The van der Waals surface area contributed by atoms with Gasteiger partial charge >= 0.3 is 0 Å². The van der Waals surface area contributed by atoms with E-state index in [2.05, 4.69) is 0 Å². The van der Waals surface area contributed by atoms with Gasteiger partial charge in [-0.15, -0.1) is 0 Å². The van der Waals surface area contributed by atoms with Crippen LogP contribution in [-0.2, 0) is 22.7 Å². The van der Waals surface area contributed by atoms with Gasteiger partial charge in [0.25, 0.3) is 0 Å². The Morgan fingerprint density at radius 2 is 1.87 bits per heavy atom. The van der Waals surface area contributed by atoms with Crippen molar-refractivity contribution in [2.45, 2.75) is 30.2 Å². The van der Waals surface area contributed by atoms with Crippen LogP contribution in [0.5, 0.6) is 0 Å². The quantitative estimate of drug-likeness (QED) is 0.712. The Labute approximate surface area is 89.2 Å². The van der Waals surface area contributed by atoms with Crippen molar-refractivity contribution < 1.29 is 8.42 Å². The monoisotopic (exact) mass is 223 g/mol. The third-order valence-electron chi connectivity index (χ3n) is 3.36. The molecule has 3 rings (SSSR count). The van der Waals surface area contributed by atoms with Crippen LogP contribution in [0.25, 0.3) is 0 Å². The predicted molar refractivity (Wildman–Crippen MR) is 57.4 cm³/mol. The molecule has 1 unspecified atom stereocenters. The molecule has 3 nitrogen and oxygen atoms in total. The van der Waals surface area contributed by atoms with Crippen molar-refractivity contribution in [2.75, 3.05) is 5.75 Å². The van der Waals surface area contributed by atoms with E-state index in [0.717, 1.165) is 24.8 Å². The van der Waals surface area contributed by atoms with Crippen LogP contribution in [-0.4, -0.2) is 14.2 Å². The Morgan fingerprint density at radius 3 is 2.60 bits per heavy atom. The van der Waals surface area contributed by atoms with E-state index in [1.165, 1.54) is 11.1 Å². The van der Waals surface area contributed by atoms with E-state index < -0.39 is 9.84 Å². The van der Waals surface area contributed by atoms with Gasteiger partial charge in [-0.1, -0.05) is 6.07 Å². The average molecular weight is 223 g/mol. The number of benzene rings is 1. The highest BCUT2D eigenvalue weighted by Gasteiger charge is 2.33. The van der Waals surface area contributed by atoms with Gasteiger partial charge in [-0.25, -0.2) is 8.42 Å². The van der Waals surface area contributed by atoms with Crippen LogP contribution in [0.15, 0.2) is 17.0 Å². The molecule has 0 fully saturated rings. The highest BCUT2D eigenvalue weighted by molar-refractivity contribution is 7.91. The second-order valence-corrected chi connectivity index (χ2v) is 6.40. The maximum Gasteiger partial charge on any atom is 0.180 e. The molecule has 0 spiro atoms. The standard InChI is InChI=1S/C11H13NO2S/c12-10-6-15(13,14)11-5-8-3-1-2-7(8)4-9(10)11/h4-5,10H,1-3,6,12H2. The molecule has 1 aliphatic carbocycles. The van der Waals surface area contributed by atoms with Crippen molar-refractivity contribution in [1.82, 2.24) is 0 Å². The molecule has 0 radical (unpaired) electrons. The van der Waals surface area contributed by atoms with Crippen LogP contribution < -0.4 is 5.73 Å². The first kappa shape index (κ1) is 9.36. The van der Waals surface area contributed by atoms with E-state index in [9.17, 15) is 8.42 Å². The number of hydrogen-bond donors (Lipinski definition) is 1. The van der Waals surface area contributed by atoms with Gasteiger partial charge in [-0.3, -0.25) is 0 Å². The summed E-state index contributed by atoms with van der Waals surface area (Å²) in [5.41, 5.74) is 9.16. The Bertz CT molecular complexity index is 534. The molecule has 1 aromatic carbocycles.